The molecule has 1 aromatic rings. The van der Waals surface area contributed by atoms with Crippen molar-refractivity contribution in [3.05, 3.63) is 23.8 Å². The van der Waals surface area contributed by atoms with Crippen LogP contribution in [0.5, 0.6) is 0 Å². The van der Waals surface area contributed by atoms with Gasteiger partial charge in [0.25, 0.3) is 0 Å². The van der Waals surface area contributed by atoms with Gasteiger partial charge in [0, 0.05) is 27.2 Å². The van der Waals surface area contributed by atoms with E-state index in [2.05, 4.69) is 10.6 Å². The van der Waals surface area contributed by atoms with Gasteiger partial charge in [-0.05, 0) is 18.6 Å². The fraction of sp³-hybridized carbons (Fsp3) is 0.417. The van der Waals surface area contributed by atoms with Crippen molar-refractivity contribution in [2.45, 2.75) is 6.92 Å². The summed E-state index contributed by atoms with van der Waals surface area (Å²) in [6.07, 6.45) is 0. The lowest BCUT2D eigenvalue weighted by Crippen LogP contribution is -2.37. The largest absolute Gasteiger partial charge is 0.397 e. The van der Waals surface area contributed by atoms with Crippen molar-refractivity contribution >= 4 is 17.4 Å². The molecule has 0 fully saturated rings. The second-order valence-corrected chi connectivity index (χ2v) is 4.09. The van der Waals surface area contributed by atoms with Crippen LogP contribution < -0.4 is 16.4 Å². The van der Waals surface area contributed by atoms with Crippen molar-refractivity contribution in [3.8, 4) is 0 Å². The molecule has 94 valence electrons. The number of hydrogen-bond donors (Lipinski definition) is 3. The van der Waals surface area contributed by atoms with E-state index in [-0.39, 0.29) is 6.03 Å². The predicted molar refractivity (Wildman–Crippen MR) is 71.2 cm³/mol. The molecule has 0 spiro atoms. The molecule has 2 amide bonds. The van der Waals surface area contributed by atoms with E-state index in [1.807, 2.05) is 25.1 Å². The Bertz CT molecular complexity index is 370. The normalized spacial score (nSPS) is 9.82. The van der Waals surface area contributed by atoms with Crippen LogP contribution in [-0.2, 0) is 0 Å². The van der Waals surface area contributed by atoms with Crippen LogP contribution in [-0.4, -0.2) is 38.1 Å². The van der Waals surface area contributed by atoms with E-state index in [9.17, 15) is 4.79 Å². The molecule has 1 aromatic carbocycles. The lowest BCUT2D eigenvalue weighted by Gasteiger charge is -2.14. The highest BCUT2D eigenvalue weighted by atomic mass is 16.2. The Morgan fingerprint density at radius 3 is 2.65 bits per heavy atom. The van der Waals surface area contributed by atoms with Gasteiger partial charge in [-0.2, -0.15) is 0 Å². The molecule has 0 aliphatic carbocycles. The van der Waals surface area contributed by atoms with Gasteiger partial charge in [-0.1, -0.05) is 12.1 Å². The van der Waals surface area contributed by atoms with Gasteiger partial charge in [0.15, 0.2) is 0 Å². The Labute approximate surface area is 102 Å². The number of nitrogens with two attached hydrogens (primary N) is 1. The van der Waals surface area contributed by atoms with Crippen molar-refractivity contribution in [2.75, 3.05) is 38.2 Å². The zero-order valence-corrected chi connectivity index (χ0v) is 10.6. The van der Waals surface area contributed by atoms with Crippen molar-refractivity contribution < 1.29 is 4.79 Å². The Morgan fingerprint density at radius 1 is 1.35 bits per heavy atom. The van der Waals surface area contributed by atoms with Crippen molar-refractivity contribution in [3.63, 3.8) is 0 Å². The monoisotopic (exact) mass is 236 g/mol. The van der Waals surface area contributed by atoms with E-state index in [0.29, 0.717) is 13.1 Å². The molecule has 0 aromatic heterocycles. The Kier molecular flexibility index (Phi) is 4.63. The third-order valence-corrected chi connectivity index (χ3v) is 2.41. The van der Waals surface area contributed by atoms with Crippen LogP contribution in [0.3, 0.4) is 0 Å². The van der Waals surface area contributed by atoms with E-state index in [1.54, 1.807) is 14.1 Å². The molecular weight excluding hydrogens is 216 g/mol. The number of nitrogens with one attached hydrogen (secondary N) is 2. The lowest BCUT2D eigenvalue weighted by atomic mass is 10.1. The van der Waals surface area contributed by atoms with Crippen molar-refractivity contribution in [1.29, 1.82) is 0 Å². The molecule has 0 radical (unpaired) electrons. The molecule has 1 rings (SSSR count). The first-order valence-electron chi connectivity index (χ1n) is 5.56. The number of hydrogen-bond acceptors (Lipinski definition) is 3. The standard InChI is InChI=1S/C12H20N4O/c1-9-5-4-6-10(13)11(9)14-7-8-15-12(17)16(2)3/h4-6,14H,7-8,13H2,1-3H3,(H,15,17). The number of urea groups is 1. The lowest BCUT2D eigenvalue weighted by molar-refractivity contribution is 0.218. The molecule has 0 heterocycles. The Morgan fingerprint density at radius 2 is 2.06 bits per heavy atom. The van der Waals surface area contributed by atoms with Gasteiger partial charge in [-0.3, -0.25) is 0 Å². The van der Waals surface area contributed by atoms with E-state index >= 15 is 0 Å². The first-order valence-corrected chi connectivity index (χ1v) is 5.56. The molecule has 0 saturated carbocycles. The van der Waals surface area contributed by atoms with Crippen LogP contribution in [0.1, 0.15) is 5.56 Å². The number of nitrogens with zero attached hydrogens (tertiary/aromatic N) is 1. The number of rotatable bonds is 4. The van der Waals surface area contributed by atoms with Gasteiger partial charge in [-0.15, -0.1) is 0 Å². The van der Waals surface area contributed by atoms with Crippen LogP contribution in [0.2, 0.25) is 0 Å². The summed E-state index contributed by atoms with van der Waals surface area (Å²) in [6, 6.07) is 5.68. The number of aryl methyl sites for hydroxylation is 1. The molecule has 5 nitrogen and oxygen atoms in total. The topological polar surface area (TPSA) is 70.4 Å². The summed E-state index contributed by atoms with van der Waals surface area (Å²) in [5, 5.41) is 5.99. The second-order valence-electron chi connectivity index (χ2n) is 4.09. The Hall–Kier alpha value is -1.91. The summed E-state index contributed by atoms with van der Waals surface area (Å²) in [7, 11) is 3.42. The number of carbonyl (C=O) groups excluding carboxylic acids is 1. The molecule has 0 unspecified atom stereocenters. The summed E-state index contributed by atoms with van der Waals surface area (Å²) >= 11 is 0. The number of nitrogen functional groups attached to an aromatic ring is 1. The van der Waals surface area contributed by atoms with E-state index in [0.717, 1.165) is 16.9 Å². The smallest absolute Gasteiger partial charge is 0.316 e. The zero-order chi connectivity index (χ0) is 12.8. The van der Waals surface area contributed by atoms with E-state index in [4.69, 9.17) is 5.73 Å². The molecule has 0 atom stereocenters. The maximum Gasteiger partial charge on any atom is 0.316 e. The number of carbonyl (C=O) groups is 1. The third kappa shape index (κ3) is 3.86. The molecule has 0 saturated heterocycles. The minimum absolute atomic E-state index is 0.0930. The molecule has 0 aliphatic heterocycles. The summed E-state index contributed by atoms with van der Waals surface area (Å²) in [5.74, 6) is 0. The minimum atomic E-state index is -0.0930. The van der Waals surface area contributed by atoms with Gasteiger partial charge in [0.1, 0.15) is 0 Å². The molecule has 17 heavy (non-hydrogen) atoms. The number of amides is 2. The first-order chi connectivity index (χ1) is 8.02. The van der Waals surface area contributed by atoms with Crippen LogP contribution in [0, 0.1) is 6.92 Å². The summed E-state index contributed by atoms with van der Waals surface area (Å²) in [5.41, 5.74) is 8.62. The molecule has 4 N–H and O–H groups in total. The first kappa shape index (κ1) is 13.2. The fourth-order valence-corrected chi connectivity index (χ4v) is 1.45. The van der Waals surface area contributed by atoms with Crippen LogP contribution in [0.4, 0.5) is 16.2 Å². The molecule has 5 heteroatoms. The van der Waals surface area contributed by atoms with Gasteiger partial charge >= 0.3 is 6.03 Å². The third-order valence-electron chi connectivity index (χ3n) is 2.41. The number of benzene rings is 1. The van der Waals surface area contributed by atoms with Gasteiger partial charge in [0.2, 0.25) is 0 Å². The summed E-state index contributed by atoms with van der Waals surface area (Å²) in [4.78, 5) is 12.8. The van der Waals surface area contributed by atoms with Gasteiger partial charge in [-0.25, -0.2) is 4.79 Å². The molecule has 0 aliphatic rings. The highest BCUT2D eigenvalue weighted by Gasteiger charge is 2.03. The average molecular weight is 236 g/mol. The molecule has 0 bridgehead atoms. The summed E-state index contributed by atoms with van der Waals surface area (Å²) in [6.45, 7) is 3.20. The minimum Gasteiger partial charge on any atom is -0.397 e. The predicted octanol–water partition coefficient (Wildman–Crippen LogP) is 1.26. The van der Waals surface area contributed by atoms with Crippen LogP contribution in [0.15, 0.2) is 18.2 Å². The fourth-order valence-electron chi connectivity index (χ4n) is 1.45. The van der Waals surface area contributed by atoms with Crippen LogP contribution in [0.25, 0.3) is 0 Å². The number of anilines is 2. The van der Waals surface area contributed by atoms with E-state index in [1.165, 1.54) is 4.90 Å². The van der Waals surface area contributed by atoms with E-state index < -0.39 is 0 Å². The highest BCUT2D eigenvalue weighted by molar-refractivity contribution is 5.73. The van der Waals surface area contributed by atoms with Gasteiger partial charge in [0.05, 0.1) is 11.4 Å². The highest BCUT2D eigenvalue weighted by Crippen LogP contribution is 2.21. The van der Waals surface area contributed by atoms with Crippen LogP contribution >= 0.6 is 0 Å². The average Bonchev–Trinajstić information content (AvgIpc) is 2.27. The number of para-hydroxylation sites is 1. The Balaban J connectivity index is 2.39. The second kappa shape index (κ2) is 5.98. The SMILES string of the molecule is Cc1cccc(N)c1NCCNC(=O)N(C)C. The maximum absolute atomic E-state index is 11.3. The maximum atomic E-state index is 11.3. The zero-order valence-electron chi connectivity index (χ0n) is 10.6. The van der Waals surface area contributed by atoms with Crippen molar-refractivity contribution in [1.82, 2.24) is 10.2 Å². The molecular formula is C12H20N4O. The quantitative estimate of drug-likeness (QED) is 0.544. The van der Waals surface area contributed by atoms with Gasteiger partial charge < -0.3 is 21.3 Å². The van der Waals surface area contributed by atoms with Crippen molar-refractivity contribution in [2.24, 2.45) is 0 Å². The summed E-state index contributed by atoms with van der Waals surface area (Å²) < 4.78 is 0.